The van der Waals surface area contributed by atoms with E-state index in [-0.39, 0.29) is 21.7 Å². The number of carbonyl (C=O) groups is 1. The van der Waals surface area contributed by atoms with Gasteiger partial charge in [0.05, 0.1) is 29.1 Å². The fourth-order valence-electron chi connectivity index (χ4n) is 2.54. The molecule has 8 nitrogen and oxygen atoms in total. The Balaban J connectivity index is 1.69. The normalized spacial score (nSPS) is 11.2. The Labute approximate surface area is 187 Å². The maximum Gasteiger partial charge on any atom is 0.270 e. The predicted octanol–water partition coefficient (Wildman–Crippen LogP) is 3.39. The molecule has 0 aliphatic rings. The van der Waals surface area contributed by atoms with E-state index in [1.54, 1.807) is 24.3 Å². The van der Waals surface area contributed by atoms with E-state index in [0.717, 1.165) is 18.0 Å². The highest BCUT2D eigenvalue weighted by Crippen LogP contribution is 2.24. The average molecular weight is 480 g/mol. The van der Waals surface area contributed by atoms with Gasteiger partial charge in [-0.25, -0.2) is 13.4 Å². The first-order valence-electron chi connectivity index (χ1n) is 9.05. The lowest BCUT2D eigenvalue weighted by Gasteiger charge is -2.11. The third-order valence-electron chi connectivity index (χ3n) is 3.96. The summed E-state index contributed by atoms with van der Waals surface area (Å²) in [5, 5.41) is 3.22. The van der Waals surface area contributed by atoms with E-state index in [0.29, 0.717) is 23.1 Å². The second-order valence-electron chi connectivity index (χ2n) is 6.11. The van der Waals surface area contributed by atoms with Gasteiger partial charge in [0.15, 0.2) is 10.1 Å². The van der Waals surface area contributed by atoms with Crippen molar-refractivity contribution in [3.05, 3.63) is 70.1 Å². The molecule has 2 aromatic carbocycles. The molecule has 1 aromatic heterocycles. The molecule has 0 aliphatic heterocycles. The minimum Gasteiger partial charge on any atom is -0.492 e. The zero-order valence-electron chi connectivity index (χ0n) is 16.3. The van der Waals surface area contributed by atoms with Crippen LogP contribution in [-0.2, 0) is 14.6 Å². The van der Waals surface area contributed by atoms with E-state index in [4.69, 9.17) is 16.3 Å². The fraction of sp³-hybridized carbons (Fsp3) is 0.150. The number of thioether (sulfide) groups is 1. The average Bonchev–Trinajstić information content (AvgIpc) is 2.74. The Morgan fingerprint density at radius 1 is 1.19 bits per heavy atom. The van der Waals surface area contributed by atoms with Crippen LogP contribution in [0.4, 0.5) is 5.69 Å². The number of ether oxygens (including phenoxy) is 1. The number of hydrogen-bond donors (Lipinski definition) is 2. The van der Waals surface area contributed by atoms with Crippen LogP contribution < -0.4 is 15.6 Å². The number of aromatic amines is 1. The first kappa shape index (κ1) is 22.9. The van der Waals surface area contributed by atoms with Gasteiger partial charge in [-0.2, -0.15) is 0 Å². The molecule has 0 bridgehead atoms. The van der Waals surface area contributed by atoms with Crippen molar-refractivity contribution in [1.29, 1.82) is 0 Å². The van der Waals surface area contributed by atoms with Crippen molar-refractivity contribution in [2.24, 2.45) is 0 Å². The largest absolute Gasteiger partial charge is 0.492 e. The first-order chi connectivity index (χ1) is 14.8. The lowest BCUT2D eigenvalue weighted by molar-refractivity contribution is -0.113. The van der Waals surface area contributed by atoms with E-state index in [1.807, 2.05) is 6.92 Å². The monoisotopic (exact) mass is 479 g/mol. The molecule has 0 fully saturated rings. The summed E-state index contributed by atoms with van der Waals surface area (Å²) < 4.78 is 30.8. The summed E-state index contributed by atoms with van der Waals surface area (Å²) in [4.78, 5) is 30.4. The van der Waals surface area contributed by atoms with Gasteiger partial charge in [0, 0.05) is 5.02 Å². The summed E-state index contributed by atoms with van der Waals surface area (Å²) in [6, 6.07) is 12.5. The van der Waals surface area contributed by atoms with Crippen LogP contribution in [0.1, 0.15) is 6.92 Å². The van der Waals surface area contributed by atoms with Gasteiger partial charge < -0.3 is 15.0 Å². The number of carbonyl (C=O) groups excluding carboxylic acids is 1. The molecule has 1 amide bonds. The Kier molecular flexibility index (Phi) is 7.37. The van der Waals surface area contributed by atoms with Gasteiger partial charge in [-0.15, -0.1) is 0 Å². The van der Waals surface area contributed by atoms with Crippen molar-refractivity contribution >= 4 is 44.8 Å². The van der Waals surface area contributed by atoms with Crippen molar-refractivity contribution in [2.45, 2.75) is 21.9 Å². The number of benzene rings is 2. The van der Waals surface area contributed by atoms with Crippen LogP contribution in [0.2, 0.25) is 5.02 Å². The lowest BCUT2D eigenvalue weighted by Crippen LogP contribution is -2.20. The molecule has 0 unspecified atom stereocenters. The summed E-state index contributed by atoms with van der Waals surface area (Å²) in [6.45, 7) is 2.30. The van der Waals surface area contributed by atoms with E-state index in [1.165, 1.54) is 24.3 Å². The third kappa shape index (κ3) is 5.66. The Bertz CT molecular complexity index is 1240. The minimum absolute atomic E-state index is 0.0489. The number of H-pyrrole nitrogens is 1. The molecule has 162 valence electrons. The van der Waals surface area contributed by atoms with Crippen LogP contribution >= 0.6 is 23.4 Å². The van der Waals surface area contributed by atoms with Crippen molar-refractivity contribution < 1.29 is 17.9 Å². The maximum absolute atomic E-state index is 12.6. The smallest absolute Gasteiger partial charge is 0.270 e. The van der Waals surface area contributed by atoms with Crippen LogP contribution in [0, 0.1) is 0 Å². The molecule has 0 saturated heterocycles. The molecule has 3 aromatic rings. The molecule has 1 heterocycles. The number of amides is 1. The summed E-state index contributed by atoms with van der Waals surface area (Å²) in [5.74, 6) is 0.163. The van der Waals surface area contributed by atoms with Gasteiger partial charge in [0.1, 0.15) is 5.75 Å². The van der Waals surface area contributed by atoms with Gasteiger partial charge in [0.25, 0.3) is 5.56 Å². The summed E-state index contributed by atoms with van der Waals surface area (Å²) in [5.41, 5.74) is -0.296. The number of hydrogen-bond acceptors (Lipinski definition) is 7. The number of halogens is 1. The predicted molar refractivity (Wildman–Crippen MR) is 119 cm³/mol. The summed E-state index contributed by atoms with van der Waals surface area (Å²) >= 11 is 6.74. The van der Waals surface area contributed by atoms with Gasteiger partial charge >= 0.3 is 0 Å². The van der Waals surface area contributed by atoms with Gasteiger partial charge in [-0.1, -0.05) is 35.5 Å². The van der Waals surface area contributed by atoms with Gasteiger partial charge in [0.2, 0.25) is 15.7 Å². The Hall–Kier alpha value is -2.82. The number of nitrogens with one attached hydrogen (secondary N) is 2. The molecule has 31 heavy (non-hydrogen) atoms. The Morgan fingerprint density at radius 3 is 2.58 bits per heavy atom. The zero-order valence-corrected chi connectivity index (χ0v) is 18.7. The quantitative estimate of drug-likeness (QED) is 0.375. The number of anilines is 1. The first-order valence-corrected chi connectivity index (χ1v) is 11.9. The highest BCUT2D eigenvalue weighted by atomic mass is 35.5. The number of rotatable bonds is 8. The van der Waals surface area contributed by atoms with Crippen LogP contribution in [0.3, 0.4) is 0 Å². The molecule has 0 saturated carbocycles. The van der Waals surface area contributed by atoms with Crippen molar-refractivity contribution in [2.75, 3.05) is 17.7 Å². The van der Waals surface area contributed by atoms with Crippen molar-refractivity contribution in [3.63, 3.8) is 0 Å². The molecule has 2 N–H and O–H groups in total. The number of nitrogens with zero attached hydrogens (tertiary/aromatic N) is 1. The molecular formula is C20H18ClN3O5S2. The fourth-order valence-corrected chi connectivity index (χ4v) is 4.54. The van der Waals surface area contributed by atoms with Crippen LogP contribution in [-0.4, -0.2) is 36.7 Å². The topological polar surface area (TPSA) is 118 Å². The molecule has 3 rings (SSSR count). The highest BCUT2D eigenvalue weighted by molar-refractivity contribution is 7.99. The molecule has 0 aliphatic carbocycles. The minimum atomic E-state index is -4.05. The second-order valence-corrected chi connectivity index (χ2v) is 9.42. The number of para-hydroxylation sites is 2. The van der Waals surface area contributed by atoms with E-state index in [9.17, 15) is 18.0 Å². The molecule has 0 atom stereocenters. The van der Waals surface area contributed by atoms with Gasteiger partial charge in [-0.05, 0) is 43.3 Å². The summed E-state index contributed by atoms with van der Waals surface area (Å²) in [6.07, 6.45) is 0.980. The molecule has 0 radical (unpaired) electrons. The van der Waals surface area contributed by atoms with Crippen LogP contribution in [0.25, 0.3) is 0 Å². The summed E-state index contributed by atoms with van der Waals surface area (Å²) in [7, 11) is -4.05. The van der Waals surface area contributed by atoms with Gasteiger partial charge in [-0.3, -0.25) is 9.59 Å². The van der Waals surface area contributed by atoms with E-state index < -0.39 is 20.3 Å². The highest BCUT2D eigenvalue weighted by Gasteiger charge is 2.22. The molecule has 0 spiro atoms. The third-order valence-corrected chi connectivity index (χ3v) is 6.86. The van der Waals surface area contributed by atoms with Crippen LogP contribution in [0.15, 0.2) is 74.5 Å². The van der Waals surface area contributed by atoms with E-state index in [2.05, 4.69) is 15.3 Å². The molecule has 11 heteroatoms. The van der Waals surface area contributed by atoms with Crippen LogP contribution in [0.5, 0.6) is 5.75 Å². The second kappa shape index (κ2) is 9.99. The van der Waals surface area contributed by atoms with Crippen molar-refractivity contribution in [3.8, 4) is 5.75 Å². The zero-order chi connectivity index (χ0) is 22.4. The van der Waals surface area contributed by atoms with E-state index >= 15 is 0 Å². The standard InChI is InChI=1S/C20H18ClN3O5S2/c1-2-29-16-6-4-3-5-15(16)23-18(25)12-30-20-22-11-17(19(26)24-20)31(27,28)14-9-7-13(21)8-10-14/h3-11H,2,12H2,1H3,(H,23,25)(H,22,24,26). The number of aromatic nitrogens is 2. The van der Waals surface area contributed by atoms with Crippen molar-refractivity contribution in [1.82, 2.24) is 9.97 Å². The number of sulfone groups is 1. The maximum atomic E-state index is 12.6. The molecular weight excluding hydrogens is 462 g/mol. The SMILES string of the molecule is CCOc1ccccc1NC(=O)CSc1ncc(S(=O)(=O)c2ccc(Cl)cc2)c(=O)[nH]1. The lowest BCUT2D eigenvalue weighted by atomic mass is 10.3. The Morgan fingerprint density at radius 2 is 1.90 bits per heavy atom.